The molecule has 0 bridgehead atoms. The molecule has 0 heterocycles. The average molecular weight is 584 g/mol. The van der Waals surface area contributed by atoms with E-state index in [-0.39, 0.29) is 18.9 Å². The normalized spacial score (nSPS) is 12.7. The molecule has 4 aromatic rings. The Morgan fingerprint density at radius 2 is 1.21 bits per heavy atom. The highest BCUT2D eigenvalue weighted by Crippen LogP contribution is 2.44. The lowest BCUT2D eigenvalue weighted by Crippen LogP contribution is -2.41. The molecule has 0 saturated carbocycles. The van der Waals surface area contributed by atoms with Crippen LogP contribution in [0.2, 0.25) is 0 Å². The average Bonchev–Trinajstić information content (AvgIpc) is 3.33. The van der Waals surface area contributed by atoms with Crippen molar-refractivity contribution in [1.82, 2.24) is 5.32 Å². The van der Waals surface area contributed by atoms with Gasteiger partial charge in [-0.1, -0.05) is 78.9 Å². The van der Waals surface area contributed by atoms with Crippen molar-refractivity contribution in [3.05, 3.63) is 125 Å². The summed E-state index contributed by atoms with van der Waals surface area (Å²) < 4.78 is 82.6. The van der Waals surface area contributed by atoms with Gasteiger partial charge in [-0.2, -0.15) is 8.78 Å². The lowest BCUT2D eigenvalue weighted by atomic mass is 9.98. The molecule has 0 fully saturated rings. The van der Waals surface area contributed by atoms with Crippen LogP contribution in [0.25, 0.3) is 11.1 Å². The van der Waals surface area contributed by atoms with E-state index in [1.165, 1.54) is 0 Å². The highest BCUT2D eigenvalue weighted by atomic mass is 19.2. The van der Waals surface area contributed by atoms with Gasteiger partial charge in [-0.3, -0.25) is 0 Å². The van der Waals surface area contributed by atoms with Gasteiger partial charge in [0.2, 0.25) is 34.8 Å². The van der Waals surface area contributed by atoms with Crippen molar-refractivity contribution in [3.8, 4) is 16.9 Å². The van der Waals surface area contributed by atoms with Gasteiger partial charge in [0.15, 0.2) is 0 Å². The summed E-state index contributed by atoms with van der Waals surface area (Å²) in [6, 6.07) is 23.4. The molecule has 5 rings (SSSR count). The maximum atomic E-state index is 13.9. The summed E-state index contributed by atoms with van der Waals surface area (Å²) in [6.07, 6.45) is -2.43. The molecule has 1 atom stereocenters. The number of fused-ring (bicyclic) bond motifs is 3. The smallest absolute Gasteiger partial charge is 0.449 e. The summed E-state index contributed by atoms with van der Waals surface area (Å²) >= 11 is 0. The molecule has 42 heavy (non-hydrogen) atoms. The minimum absolute atomic E-state index is 0.0149. The van der Waals surface area contributed by atoms with Crippen LogP contribution in [0.1, 0.15) is 22.6 Å². The van der Waals surface area contributed by atoms with Gasteiger partial charge in [-0.15, -0.1) is 0 Å². The zero-order valence-corrected chi connectivity index (χ0v) is 21.7. The van der Waals surface area contributed by atoms with Crippen LogP contribution < -0.4 is 10.1 Å². The number of alkyl carbamates (subject to hydrolysis) is 1. The fraction of sp³-hybridized carbons (Fsp3) is 0.161. The van der Waals surface area contributed by atoms with Crippen molar-refractivity contribution in [2.75, 3.05) is 13.2 Å². The predicted octanol–water partition coefficient (Wildman–Crippen LogP) is 7.05. The van der Waals surface area contributed by atoms with Crippen molar-refractivity contribution < 1.29 is 45.8 Å². The van der Waals surface area contributed by atoms with Crippen molar-refractivity contribution in [2.45, 2.75) is 18.4 Å². The fourth-order valence-electron chi connectivity index (χ4n) is 4.81. The van der Waals surface area contributed by atoms with Crippen LogP contribution in [0.4, 0.5) is 31.5 Å². The van der Waals surface area contributed by atoms with Crippen LogP contribution in [-0.4, -0.2) is 31.5 Å². The molecule has 1 aliphatic rings. The Kier molecular flexibility index (Phi) is 8.37. The molecule has 4 aromatic carbocycles. The monoisotopic (exact) mass is 583 g/mol. The number of carbonyl (C=O) groups excluding carboxylic acids is 2. The van der Waals surface area contributed by atoms with E-state index in [0.29, 0.717) is 0 Å². The molecule has 0 aromatic heterocycles. The second kappa shape index (κ2) is 12.3. The second-order valence-corrected chi connectivity index (χ2v) is 9.42. The second-order valence-electron chi connectivity index (χ2n) is 9.42. The number of hydrogen-bond donors (Lipinski definition) is 1. The van der Waals surface area contributed by atoms with E-state index in [0.717, 1.165) is 27.8 Å². The Morgan fingerprint density at radius 1 is 0.690 bits per heavy atom. The van der Waals surface area contributed by atoms with Crippen LogP contribution in [-0.2, 0) is 15.9 Å². The number of benzene rings is 4. The summed E-state index contributed by atoms with van der Waals surface area (Å²) in [5.74, 6) is -13.6. The number of amides is 1. The Morgan fingerprint density at radius 3 is 1.81 bits per heavy atom. The number of carbonyl (C=O) groups is 2. The summed E-state index contributed by atoms with van der Waals surface area (Å²) in [4.78, 5) is 25.0. The molecule has 0 saturated heterocycles. The third kappa shape index (κ3) is 5.90. The topological polar surface area (TPSA) is 73.9 Å². The molecule has 6 nitrogen and oxygen atoms in total. The molecule has 216 valence electrons. The number of hydrogen-bond acceptors (Lipinski definition) is 5. The lowest BCUT2D eigenvalue weighted by Gasteiger charge is -2.20. The van der Waals surface area contributed by atoms with Crippen LogP contribution in [0, 0.1) is 29.1 Å². The molecule has 11 heteroatoms. The minimum Gasteiger partial charge on any atom is -0.449 e. The molecular formula is C31H22F5NO5. The Hall–Kier alpha value is -4.93. The number of rotatable bonds is 8. The number of nitrogens with one attached hydrogen (secondary N) is 1. The summed E-state index contributed by atoms with van der Waals surface area (Å²) in [7, 11) is 0. The van der Waals surface area contributed by atoms with E-state index >= 15 is 0 Å². The van der Waals surface area contributed by atoms with E-state index in [1.807, 2.05) is 48.5 Å². The summed E-state index contributed by atoms with van der Waals surface area (Å²) in [6.45, 7) is -0.561. The molecular weight excluding hydrogens is 561 g/mol. The van der Waals surface area contributed by atoms with Gasteiger partial charge < -0.3 is 19.5 Å². The van der Waals surface area contributed by atoms with Crippen molar-refractivity contribution >= 4 is 12.2 Å². The van der Waals surface area contributed by atoms with E-state index in [9.17, 15) is 31.5 Å². The standard InChI is InChI=1S/C31H22F5NO5/c32-24-25(33)27(35)29(28(36)26(24)34)42-31(39)41-15-18(14-17-8-2-1-3-9-17)37-30(38)40-16-23-21-12-6-4-10-19(21)20-11-5-7-13-22(20)23/h1-13,18,23H,14-16H2,(H,37,38)/t18-/m0/s1. The van der Waals surface area contributed by atoms with Crippen LogP contribution in [0.3, 0.4) is 0 Å². The Labute approximate surface area is 236 Å². The van der Waals surface area contributed by atoms with Crippen LogP contribution >= 0.6 is 0 Å². The molecule has 0 unspecified atom stereocenters. The van der Waals surface area contributed by atoms with Crippen molar-refractivity contribution in [1.29, 1.82) is 0 Å². The third-order valence-corrected chi connectivity index (χ3v) is 6.75. The van der Waals surface area contributed by atoms with Crippen molar-refractivity contribution in [2.24, 2.45) is 0 Å². The van der Waals surface area contributed by atoms with Gasteiger partial charge in [0.25, 0.3) is 0 Å². The van der Waals surface area contributed by atoms with Gasteiger partial charge in [0.05, 0.1) is 6.04 Å². The molecule has 0 radical (unpaired) electrons. The maximum absolute atomic E-state index is 13.9. The zero-order valence-electron chi connectivity index (χ0n) is 21.7. The first-order valence-corrected chi connectivity index (χ1v) is 12.8. The lowest BCUT2D eigenvalue weighted by molar-refractivity contribution is 0.0819. The number of ether oxygens (including phenoxy) is 3. The first-order chi connectivity index (χ1) is 20.2. The fourth-order valence-corrected chi connectivity index (χ4v) is 4.81. The molecule has 1 amide bonds. The van der Waals surface area contributed by atoms with Crippen LogP contribution in [0.5, 0.6) is 5.75 Å². The van der Waals surface area contributed by atoms with Gasteiger partial charge in [-0.05, 0) is 34.2 Å². The highest BCUT2D eigenvalue weighted by molar-refractivity contribution is 5.79. The van der Waals surface area contributed by atoms with E-state index in [2.05, 4.69) is 10.1 Å². The van der Waals surface area contributed by atoms with Crippen molar-refractivity contribution in [3.63, 3.8) is 0 Å². The first-order valence-electron chi connectivity index (χ1n) is 12.8. The quantitative estimate of drug-likeness (QED) is 0.0792. The van der Waals surface area contributed by atoms with Gasteiger partial charge >= 0.3 is 12.2 Å². The third-order valence-electron chi connectivity index (χ3n) is 6.75. The number of halogens is 5. The van der Waals surface area contributed by atoms with Gasteiger partial charge in [0.1, 0.15) is 13.2 Å². The SMILES string of the molecule is O=C(N[C@H](COC(=O)Oc1c(F)c(F)c(F)c(F)c1F)Cc1ccccc1)OCC1c2ccccc2-c2ccccc21. The molecule has 1 N–H and O–H groups in total. The maximum Gasteiger partial charge on any atom is 0.514 e. The summed E-state index contributed by atoms with van der Waals surface area (Å²) in [5, 5.41) is 2.59. The molecule has 0 spiro atoms. The van der Waals surface area contributed by atoms with Gasteiger partial charge in [-0.25, -0.2) is 22.8 Å². The van der Waals surface area contributed by atoms with Gasteiger partial charge in [0, 0.05) is 5.92 Å². The molecule has 1 aliphatic carbocycles. The van der Waals surface area contributed by atoms with E-state index in [4.69, 9.17) is 9.47 Å². The molecule has 0 aliphatic heterocycles. The highest BCUT2D eigenvalue weighted by Gasteiger charge is 2.31. The first kappa shape index (κ1) is 28.6. The van der Waals surface area contributed by atoms with E-state index < -0.39 is 59.7 Å². The van der Waals surface area contributed by atoms with Crippen LogP contribution in [0.15, 0.2) is 78.9 Å². The van der Waals surface area contributed by atoms with E-state index in [1.54, 1.807) is 30.3 Å². The zero-order chi connectivity index (χ0) is 29.8. The Balaban J connectivity index is 1.25. The largest absolute Gasteiger partial charge is 0.514 e. The minimum atomic E-state index is -2.40. The predicted molar refractivity (Wildman–Crippen MR) is 140 cm³/mol. The Bertz CT molecular complexity index is 1560. The summed E-state index contributed by atoms with van der Waals surface area (Å²) in [5.41, 5.74) is 4.84.